The highest BCUT2D eigenvalue weighted by molar-refractivity contribution is 4.97. The quantitative estimate of drug-likeness (QED) is 0.655. The molecule has 1 N–H and O–H groups in total. The van der Waals surface area contributed by atoms with E-state index in [1.54, 1.807) is 0 Å². The lowest BCUT2D eigenvalue weighted by atomic mass is 9.87. The highest BCUT2D eigenvalue weighted by Crippen LogP contribution is 2.30. The molecule has 2 fully saturated rings. The zero-order valence-corrected chi connectivity index (χ0v) is 8.39. The number of nitrogens with zero attached hydrogens (tertiary/aromatic N) is 1. The summed E-state index contributed by atoms with van der Waals surface area (Å²) in [5.41, 5.74) is 4.05. The summed E-state index contributed by atoms with van der Waals surface area (Å²) in [6, 6.07) is 0. The first-order chi connectivity index (χ1) is 6.35. The van der Waals surface area contributed by atoms with Crippen molar-refractivity contribution in [3.8, 4) is 0 Å². The largest absolute Gasteiger partial charge is 0.249 e. The lowest BCUT2D eigenvalue weighted by Crippen LogP contribution is -2.46. The van der Waals surface area contributed by atoms with Crippen LogP contribution in [0.4, 0.5) is 0 Å². The number of rotatable bonds is 2. The average Bonchev–Trinajstić information content (AvgIpc) is 2.48. The van der Waals surface area contributed by atoms with E-state index < -0.39 is 0 Å². The van der Waals surface area contributed by atoms with Crippen molar-refractivity contribution in [1.82, 2.24) is 10.4 Å². The maximum absolute atomic E-state index is 3.86. The number of hydrazine groups is 1. The van der Waals surface area contributed by atoms with Gasteiger partial charge in [-0.05, 0) is 25.7 Å². The Labute approximate surface area is 81.0 Å². The zero-order valence-electron chi connectivity index (χ0n) is 8.39. The summed E-state index contributed by atoms with van der Waals surface area (Å²) < 4.78 is 0. The van der Waals surface area contributed by atoms with Crippen molar-refractivity contribution in [2.75, 3.05) is 13.1 Å². The average molecular weight is 180 g/mol. The van der Waals surface area contributed by atoms with Gasteiger partial charge in [-0.15, -0.1) is 6.58 Å². The maximum atomic E-state index is 3.86. The predicted octanol–water partition coefficient (Wildman–Crippen LogP) is 2.09. The second-order valence-electron chi connectivity index (χ2n) is 4.43. The fraction of sp³-hybridized carbons (Fsp3) is 0.818. The Kier molecular flexibility index (Phi) is 2.70. The summed E-state index contributed by atoms with van der Waals surface area (Å²) in [7, 11) is 0. The van der Waals surface area contributed by atoms with Crippen LogP contribution >= 0.6 is 0 Å². The van der Waals surface area contributed by atoms with Gasteiger partial charge in [0.25, 0.3) is 0 Å². The SMILES string of the molecule is C=CCC12CCCCCN(CC1)N2. The van der Waals surface area contributed by atoms with Crippen molar-refractivity contribution in [2.45, 2.75) is 44.1 Å². The van der Waals surface area contributed by atoms with Crippen molar-refractivity contribution in [2.24, 2.45) is 0 Å². The van der Waals surface area contributed by atoms with Gasteiger partial charge in [0.05, 0.1) is 0 Å². The Morgan fingerprint density at radius 2 is 2.15 bits per heavy atom. The topological polar surface area (TPSA) is 15.3 Å². The van der Waals surface area contributed by atoms with Gasteiger partial charge in [0.1, 0.15) is 0 Å². The fourth-order valence-electron chi connectivity index (χ4n) is 2.61. The molecule has 0 radical (unpaired) electrons. The normalized spacial score (nSPS) is 39.5. The first kappa shape index (κ1) is 9.22. The Bertz CT molecular complexity index is 191. The van der Waals surface area contributed by atoms with E-state index in [0.717, 1.165) is 6.42 Å². The van der Waals surface area contributed by atoms with Gasteiger partial charge >= 0.3 is 0 Å². The zero-order chi connectivity index (χ0) is 9.15. The van der Waals surface area contributed by atoms with Gasteiger partial charge < -0.3 is 0 Å². The van der Waals surface area contributed by atoms with Crippen LogP contribution in [0.5, 0.6) is 0 Å². The van der Waals surface area contributed by atoms with E-state index in [-0.39, 0.29) is 0 Å². The minimum absolute atomic E-state index is 0.377. The van der Waals surface area contributed by atoms with Gasteiger partial charge in [-0.1, -0.05) is 18.9 Å². The fourth-order valence-corrected chi connectivity index (χ4v) is 2.61. The summed E-state index contributed by atoms with van der Waals surface area (Å²) in [6.45, 7) is 6.33. The Morgan fingerprint density at radius 1 is 1.23 bits per heavy atom. The summed E-state index contributed by atoms with van der Waals surface area (Å²) in [4.78, 5) is 0. The van der Waals surface area contributed by atoms with Crippen LogP contribution < -0.4 is 5.43 Å². The molecule has 2 aliphatic heterocycles. The van der Waals surface area contributed by atoms with E-state index in [1.807, 2.05) is 0 Å². The summed E-state index contributed by atoms with van der Waals surface area (Å²) in [5.74, 6) is 0. The lowest BCUT2D eigenvalue weighted by molar-refractivity contribution is 0.165. The van der Waals surface area contributed by atoms with Crippen LogP contribution in [0, 0.1) is 0 Å². The Morgan fingerprint density at radius 3 is 3.00 bits per heavy atom. The van der Waals surface area contributed by atoms with E-state index >= 15 is 0 Å². The van der Waals surface area contributed by atoms with Crippen LogP contribution in [0.1, 0.15) is 38.5 Å². The van der Waals surface area contributed by atoms with Gasteiger partial charge in [0.2, 0.25) is 0 Å². The smallest absolute Gasteiger partial charge is 0.0373 e. The molecule has 2 rings (SSSR count). The molecule has 2 atom stereocenters. The monoisotopic (exact) mass is 180 g/mol. The lowest BCUT2D eigenvalue weighted by Gasteiger charge is -2.31. The van der Waals surface area contributed by atoms with Crippen LogP contribution in [0.3, 0.4) is 0 Å². The molecule has 74 valence electrons. The molecule has 2 heterocycles. The molecule has 2 unspecified atom stereocenters. The first-order valence-corrected chi connectivity index (χ1v) is 5.48. The van der Waals surface area contributed by atoms with Crippen molar-refractivity contribution in [1.29, 1.82) is 0 Å². The van der Waals surface area contributed by atoms with Crippen molar-refractivity contribution >= 4 is 0 Å². The van der Waals surface area contributed by atoms with Crippen molar-refractivity contribution < 1.29 is 0 Å². The number of hydrogen-bond donors (Lipinski definition) is 1. The molecule has 0 saturated carbocycles. The maximum Gasteiger partial charge on any atom is 0.0373 e. The van der Waals surface area contributed by atoms with Gasteiger partial charge in [0.15, 0.2) is 0 Å². The molecule has 0 aromatic carbocycles. The third-order valence-electron chi connectivity index (χ3n) is 3.37. The Balaban J connectivity index is 2.04. The van der Waals surface area contributed by atoms with Crippen LogP contribution in [0.15, 0.2) is 12.7 Å². The third-order valence-corrected chi connectivity index (χ3v) is 3.37. The van der Waals surface area contributed by atoms with Gasteiger partial charge in [0, 0.05) is 18.6 Å². The molecular formula is C11H20N2. The van der Waals surface area contributed by atoms with E-state index in [2.05, 4.69) is 23.1 Å². The predicted molar refractivity (Wildman–Crippen MR) is 55.3 cm³/mol. The molecule has 2 aliphatic rings. The van der Waals surface area contributed by atoms with Crippen LogP contribution in [-0.4, -0.2) is 23.6 Å². The standard InChI is InChI=1S/C11H20N2/c1-2-6-11-7-4-3-5-9-13(12-11)10-8-11/h2,12H,1,3-10H2. The van der Waals surface area contributed by atoms with Crippen LogP contribution in [-0.2, 0) is 0 Å². The molecule has 0 spiro atoms. The molecular weight excluding hydrogens is 160 g/mol. The summed E-state index contributed by atoms with van der Waals surface area (Å²) in [5, 5.41) is 2.41. The van der Waals surface area contributed by atoms with Crippen molar-refractivity contribution in [3.63, 3.8) is 0 Å². The Hall–Kier alpha value is -0.340. The molecule has 0 aromatic rings. The second-order valence-corrected chi connectivity index (χ2v) is 4.43. The molecule has 13 heavy (non-hydrogen) atoms. The highest BCUT2D eigenvalue weighted by Gasteiger charge is 2.36. The van der Waals surface area contributed by atoms with E-state index in [1.165, 1.54) is 45.2 Å². The number of hydrogen-bond acceptors (Lipinski definition) is 2. The van der Waals surface area contributed by atoms with Gasteiger partial charge in [-0.2, -0.15) is 0 Å². The van der Waals surface area contributed by atoms with Gasteiger partial charge in [-0.3, -0.25) is 0 Å². The third kappa shape index (κ3) is 1.94. The number of fused-ring (bicyclic) bond motifs is 2. The first-order valence-electron chi connectivity index (χ1n) is 5.48. The van der Waals surface area contributed by atoms with Crippen LogP contribution in [0.25, 0.3) is 0 Å². The van der Waals surface area contributed by atoms with E-state index in [9.17, 15) is 0 Å². The minimum atomic E-state index is 0.377. The summed E-state index contributed by atoms with van der Waals surface area (Å²) in [6.07, 6.45) is 9.97. The molecule has 2 heteroatoms. The van der Waals surface area contributed by atoms with Crippen molar-refractivity contribution in [3.05, 3.63) is 12.7 Å². The summed E-state index contributed by atoms with van der Waals surface area (Å²) >= 11 is 0. The molecule has 0 aromatic heterocycles. The van der Waals surface area contributed by atoms with E-state index in [0.29, 0.717) is 5.54 Å². The molecule has 0 amide bonds. The molecule has 2 nitrogen and oxygen atoms in total. The number of nitrogens with one attached hydrogen (secondary N) is 1. The minimum Gasteiger partial charge on any atom is -0.249 e. The molecule has 0 aliphatic carbocycles. The second kappa shape index (κ2) is 3.81. The van der Waals surface area contributed by atoms with Gasteiger partial charge in [-0.25, -0.2) is 10.4 Å². The molecule has 2 bridgehead atoms. The molecule has 2 saturated heterocycles. The van der Waals surface area contributed by atoms with Crippen LogP contribution in [0.2, 0.25) is 0 Å². The highest BCUT2D eigenvalue weighted by atomic mass is 15.6. The van der Waals surface area contributed by atoms with E-state index in [4.69, 9.17) is 0 Å².